The first-order valence-electron chi connectivity index (χ1n) is 8.93. The largest absolute Gasteiger partial charge is 0.381 e. The predicted octanol–water partition coefficient (Wildman–Crippen LogP) is 2.58. The molecule has 1 aromatic rings. The summed E-state index contributed by atoms with van der Waals surface area (Å²) in [5.74, 6) is 0.750. The van der Waals surface area contributed by atoms with E-state index in [9.17, 15) is 4.79 Å². The van der Waals surface area contributed by atoms with Gasteiger partial charge in [0.2, 0.25) is 5.91 Å². The van der Waals surface area contributed by atoms with E-state index >= 15 is 0 Å². The molecule has 0 aromatic heterocycles. The number of ether oxygens (including phenoxy) is 1. The van der Waals surface area contributed by atoms with Gasteiger partial charge >= 0.3 is 0 Å². The minimum absolute atomic E-state index is 0.235. The van der Waals surface area contributed by atoms with E-state index < -0.39 is 0 Å². The minimum atomic E-state index is 0.235. The van der Waals surface area contributed by atoms with Crippen LogP contribution in [0.25, 0.3) is 0 Å². The molecule has 0 unspecified atom stereocenters. The van der Waals surface area contributed by atoms with E-state index in [1.165, 1.54) is 5.56 Å². The molecule has 0 spiro atoms. The van der Waals surface area contributed by atoms with E-state index in [1.807, 2.05) is 0 Å². The van der Waals surface area contributed by atoms with Gasteiger partial charge in [0.05, 0.1) is 0 Å². The molecule has 0 radical (unpaired) electrons. The minimum Gasteiger partial charge on any atom is -0.381 e. The van der Waals surface area contributed by atoms with Crippen LogP contribution < -0.4 is 5.32 Å². The predicted molar refractivity (Wildman–Crippen MR) is 91.0 cm³/mol. The molecule has 4 nitrogen and oxygen atoms in total. The van der Waals surface area contributed by atoms with Crippen LogP contribution in [0.2, 0.25) is 0 Å². The molecule has 1 amide bonds. The summed E-state index contributed by atoms with van der Waals surface area (Å²) in [4.78, 5) is 14.7. The van der Waals surface area contributed by atoms with Crippen molar-refractivity contribution in [3.05, 3.63) is 35.9 Å². The Morgan fingerprint density at radius 3 is 2.48 bits per heavy atom. The molecule has 0 atom stereocenters. The normalized spacial score (nSPS) is 21.2. The highest BCUT2D eigenvalue weighted by Crippen LogP contribution is 2.19. The fourth-order valence-corrected chi connectivity index (χ4v) is 3.58. The maximum atomic E-state index is 12.2. The van der Waals surface area contributed by atoms with Crippen LogP contribution in [0.3, 0.4) is 0 Å². The van der Waals surface area contributed by atoms with Crippen molar-refractivity contribution in [3.63, 3.8) is 0 Å². The van der Waals surface area contributed by atoms with Crippen LogP contribution in [-0.2, 0) is 16.1 Å². The second-order valence-electron chi connectivity index (χ2n) is 6.86. The number of hydrogen-bond donors (Lipinski definition) is 1. The number of hydrogen-bond acceptors (Lipinski definition) is 3. The second-order valence-corrected chi connectivity index (χ2v) is 6.86. The lowest BCUT2D eigenvalue weighted by Crippen LogP contribution is -2.44. The fraction of sp³-hybridized carbons (Fsp3) is 0.632. The Balaban J connectivity index is 1.36. The van der Waals surface area contributed by atoms with Crippen molar-refractivity contribution in [2.24, 2.45) is 5.92 Å². The summed E-state index contributed by atoms with van der Waals surface area (Å²) in [6, 6.07) is 11.0. The van der Waals surface area contributed by atoms with Crippen molar-refractivity contribution in [1.82, 2.24) is 10.2 Å². The molecule has 0 aliphatic carbocycles. The summed E-state index contributed by atoms with van der Waals surface area (Å²) in [5.41, 5.74) is 1.37. The first-order chi connectivity index (χ1) is 11.3. The van der Waals surface area contributed by atoms with E-state index in [0.717, 1.165) is 58.5 Å². The number of nitrogens with one attached hydrogen (secondary N) is 1. The lowest BCUT2D eigenvalue weighted by Gasteiger charge is -2.32. The van der Waals surface area contributed by atoms with E-state index in [0.29, 0.717) is 18.4 Å². The number of piperidine rings is 1. The topological polar surface area (TPSA) is 41.6 Å². The molecule has 0 bridgehead atoms. The van der Waals surface area contributed by atoms with Crippen LogP contribution in [0.5, 0.6) is 0 Å². The Morgan fingerprint density at radius 2 is 1.78 bits per heavy atom. The van der Waals surface area contributed by atoms with Gasteiger partial charge in [0.15, 0.2) is 0 Å². The molecule has 2 aliphatic heterocycles. The summed E-state index contributed by atoms with van der Waals surface area (Å²) in [6.45, 7) is 4.78. The van der Waals surface area contributed by atoms with Gasteiger partial charge in [-0.05, 0) is 37.2 Å². The van der Waals surface area contributed by atoms with E-state index in [1.54, 1.807) is 0 Å². The lowest BCUT2D eigenvalue weighted by molar-refractivity contribution is -0.123. The quantitative estimate of drug-likeness (QED) is 0.908. The van der Waals surface area contributed by atoms with Gasteiger partial charge in [-0.1, -0.05) is 30.3 Å². The zero-order valence-electron chi connectivity index (χ0n) is 13.9. The average Bonchev–Trinajstić information content (AvgIpc) is 2.58. The molecule has 2 fully saturated rings. The van der Waals surface area contributed by atoms with Gasteiger partial charge in [-0.15, -0.1) is 0 Å². The monoisotopic (exact) mass is 316 g/mol. The zero-order valence-corrected chi connectivity index (χ0v) is 13.9. The summed E-state index contributed by atoms with van der Waals surface area (Å²) in [7, 11) is 0. The molecular formula is C19H28N2O2. The molecule has 0 saturated carbocycles. The highest BCUT2D eigenvalue weighted by Gasteiger charge is 2.23. The number of amides is 1. The summed E-state index contributed by atoms with van der Waals surface area (Å²) in [6.07, 6.45) is 4.86. The van der Waals surface area contributed by atoms with Crippen molar-refractivity contribution in [2.75, 3.05) is 26.3 Å². The van der Waals surface area contributed by atoms with Crippen molar-refractivity contribution >= 4 is 5.91 Å². The number of carbonyl (C=O) groups excluding carboxylic acids is 1. The summed E-state index contributed by atoms with van der Waals surface area (Å²) in [5, 5.41) is 3.24. The van der Waals surface area contributed by atoms with Crippen LogP contribution in [0.1, 0.15) is 37.7 Å². The maximum Gasteiger partial charge on any atom is 0.220 e. The number of benzene rings is 1. The molecule has 126 valence electrons. The first kappa shape index (κ1) is 16.5. The van der Waals surface area contributed by atoms with Gasteiger partial charge < -0.3 is 10.1 Å². The van der Waals surface area contributed by atoms with Crippen molar-refractivity contribution in [1.29, 1.82) is 0 Å². The van der Waals surface area contributed by atoms with E-state index in [-0.39, 0.29) is 5.91 Å². The Labute approximate surface area is 139 Å². The van der Waals surface area contributed by atoms with Crippen LogP contribution in [0.4, 0.5) is 0 Å². The standard InChI is InChI=1S/C19H28N2O2/c22-19(14-16-8-12-23-13-9-16)20-18-6-10-21(11-7-18)15-17-4-2-1-3-5-17/h1-5,16,18H,6-15H2,(H,20,22). The van der Waals surface area contributed by atoms with Crippen LogP contribution in [0.15, 0.2) is 30.3 Å². The Morgan fingerprint density at radius 1 is 1.09 bits per heavy atom. The van der Waals surface area contributed by atoms with Gasteiger partial charge in [-0.3, -0.25) is 9.69 Å². The first-order valence-corrected chi connectivity index (χ1v) is 8.93. The van der Waals surface area contributed by atoms with Gasteiger partial charge in [-0.2, -0.15) is 0 Å². The number of rotatable bonds is 5. The van der Waals surface area contributed by atoms with Gasteiger partial charge in [0.1, 0.15) is 0 Å². The SMILES string of the molecule is O=C(CC1CCOCC1)NC1CCN(Cc2ccccc2)CC1. The van der Waals surface area contributed by atoms with Gasteiger partial charge in [0.25, 0.3) is 0 Å². The van der Waals surface area contributed by atoms with Crippen molar-refractivity contribution in [2.45, 2.75) is 44.7 Å². The van der Waals surface area contributed by atoms with Crippen LogP contribution in [-0.4, -0.2) is 43.2 Å². The number of nitrogens with zero attached hydrogens (tertiary/aromatic N) is 1. The third-order valence-electron chi connectivity index (χ3n) is 5.02. The lowest BCUT2D eigenvalue weighted by atomic mass is 9.95. The van der Waals surface area contributed by atoms with E-state index in [4.69, 9.17) is 4.74 Å². The molecular weight excluding hydrogens is 288 g/mol. The number of likely N-dealkylation sites (tertiary alicyclic amines) is 1. The smallest absolute Gasteiger partial charge is 0.220 e. The van der Waals surface area contributed by atoms with Crippen LogP contribution >= 0.6 is 0 Å². The van der Waals surface area contributed by atoms with Gasteiger partial charge in [-0.25, -0.2) is 0 Å². The van der Waals surface area contributed by atoms with Gasteiger partial charge in [0, 0.05) is 45.3 Å². The Bertz CT molecular complexity index is 477. The third kappa shape index (κ3) is 5.33. The zero-order chi connectivity index (χ0) is 15.9. The van der Waals surface area contributed by atoms with Crippen molar-refractivity contribution in [3.8, 4) is 0 Å². The molecule has 2 heterocycles. The van der Waals surface area contributed by atoms with Crippen molar-refractivity contribution < 1.29 is 9.53 Å². The molecule has 23 heavy (non-hydrogen) atoms. The Hall–Kier alpha value is -1.39. The highest BCUT2D eigenvalue weighted by atomic mass is 16.5. The molecule has 2 saturated heterocycles. The molecule has 1 N–H and O–H groups in total. The van der Waals surface area contributed by atoms with E-state index in [2.05, 4.69) is 40.5 Å². The third-order valence-corrected chi connectivity index (χ3v) is 5.02. The molecule has 2 aliphatic rings. The average molecular weight is 316 g/mol. The molecule has 1 aromatic carbocycles. The molecule has 3 rings (SSSR count). The summed E-state index contributed by atoms with van der Waals surface area (Å²) >= 11 is 0. The molecule has 4 heteroatoms. The Kier molecular flexibility index (Phi) is 6.06. The second kappa shape index (κ2) is 8.46. The highest BCUT2D eigenvalue weighted by molar-refractivity contribution is 5.76. The fourth-order valence-electron chi connectivity index (χ4n) is 3.58. The number of carbonyl (C=O) groups is 1. The summed E-state index contributed by atoms with van der Waals surface area (Å²) < 4.78 is 5.35. The van der Waals surface area contributed by atoms with Crippen LogP contribution in [0, 0.1) is 5.92 Å². The maximum absolute atomic E-state index is 12.2.